The monoisotopic (exact) mass is 248 g/mol. The first-order chi connectivity index (χ1) is 8.04. The molecule has 6 nitrogen and oxygen atoms in total. The van der Waals surface area contributed by atoms with Crippen LogP contribution in [0.5, 0.6) is 0 Å². The molecule has 0 aliphatic heterocycles. The van der Waals surface area contributed by atoms with Crippen molar-refractivity contribution in [3.63, 3.8) is 0 Å². The maximum absolute atomic E-state index is 11.6. The highest BCUT2D eigenvalue weighted by molar-refractivity contribution is 7.91. The Balaban J connectivity index is 2.93. The van der Waals surface area contributed by atoms with Gasteiger partial charge >= 0.3 is 0 Å². The van der Waals surface area contributed by atoms with Crippen LogP contribution in [0.3, 0.4) is 0 Å². The first kappa shape index (κ1) is 11.4. The van der Waals surface area contributed by atoms with Crippen molar-refractivity contribution in [3.8, 4) is 0 Å². The summed E-state index contributed by atoms with van der Waals surface area (Å²) in [4.78, 5) is 6.85. The largest absolute Gasteiger partial charge is 0.255 e. The number of pyridine rings is 1. The number of rotatable bonds is 2. The van der Waals surface area contributed by atoms with E-state index in [1.165, 1.54) is 18.3 Å². The van der Waals surface area contributed by atoms with Crippen LogP contribution < -0.4 is 0 Å². The number of sulfone groups is 1. The molecule has 0 N–H and O–H groups in total. The normalized spacial score (nSPS) is 11.1. The van der Waals surface area contributed by atoms with E-state index >= 15 is 0 Å². The summed E-state index contributed by atoms with van der Waals surface area (Å²) < 4.78 is 23.1. The standard InChI is InChI=1S/C10H8N4O2S/c1-17(15,16)9-4-2-3-7-8(13-14-11)5-6-12-10(7)9/h2-6H,1H3. The van der Waals surface area contributed by atoms with Gasteiger partial charge < -0.3 is 0 Å². The third-order valence-corrected chi connectivity index (χ3v) is 3.39. The van der Waals surface area contributed by atoms with Crippen LogP contribution in [0.2, 0.25) is 0 Å². The average molecular weight is 248 g/mol. The molecule has 0 saturated heterocycles. The first-order valence-electron chi connectivity index (χ1n) is 4.67. The van der Waals surface area contributed by atoms with E-state index in [0.717, 1.165) is 6.26 Å². The number of hydrogen-bond acceptors (Lipinski definition) is 4. The van der Waals surface area contributed by atoms with Crippen molar-refractivity contribution in [2.75, 3.05) is 6.26 Å². The molecule has 7 heteroatoms. The number of azide groups is 1. The fourth-order valence-corrected chi connectivity index (χ4v) is 2.41. The van der Waals surface area contributed by atoms with Crippen molar-refractivity contribution < 1.29 is 8.42 Å². The fourth-order valence-electron chi connectivity index (χ4n) is 1.57. The van der Waals surface area contributed by atoms with E-state index < -0.39 is 9.84 Å². The Hall–Kier alpha value is -2.11. The molecule has 0 saturated carbocycles. The Morgan fingerprint density at radius 2 is 2.12 bits per heavy atom. The summed E-state index contributed by atoms with van der Waals surface area (Å²) in [5.74, 6) is 0. The van der Waals surface area contributed by atoms with Gasteiger partial charge in [-0.25, -0.2) is 8.42 Å². The predicted octanol–water partition coefficient (Wildman–Crippen LogP) is 2.58. The van der Waals surface area contributed by atoms with Crippen molar-refractivity contribution >= 4 is 26.4 Å². The van der Waals surface area contributed by atoms with E-state index in [0.29, 0.717) is 16.6 Å². The van der Waals surface area contributed by atoms with Gasteiger partial charge in [-0.05, 0) is 17.7 Å². The van der Waals surface area contributed by atoms with Crippen molar-refractivity contribution in [2.24, 2.45) is 5.11 Å². The van der Waals surface area contributed by atoms with Crippen LogP contribution in [0.25, 0.3) is 21.3 Å². The molecule has 0 aliphatic rings. The lowest BCUT2D eigenvalue weighted by molar-refractivity contribution is 0.602. The minimum absolute atomic E-state index is 0.130. The molecule has 0 spiro atoms. The van der Waals surface area contributed by atoms with Crippen LogP contribution in [0, 0.1) is 0 Å². The molecule has 0 fully saturated rings. The molecular formula is C10H8N4O2S. The minimum atomic E-state index is -3.36. The maximum atomic E-state index is 11.6. The predicted molar refractivity (Wildman–Crippen MR) is 63.7 cm³/mol. The lowest BCUT2D eigenvalue weighted by atomic mass is 10.2. The van der Waals surface area contributed by atoms with Gasteiger partial charge in [0, 0.05) is 28.4 Å². The van der Waals surface area contributed by atoms with Crippen LogP contribution in [-0.2, 0) is 9.84 Å². The minimum Gasteiger partial charge on any atom is -0.255 e. The Morgan fingerprint density at radius 1 is 1.35 bits per heavy atom. The highest BCUT2D eigenvalue weighted by Crippen LogP contribution is 2.28. The summed E-state index contributed by atoms with van der Waals surface area (Å²) in [6.07, 6.45) is 2.53. The summed E-state index contributed by atoms with van der Waals surface area (Å²) in [5, 5.41) is 4.03. The third kappa shape index (κ3) is 2.06. The number of fused-ring (bicyclic) bond motifs is 1. The summed E-state index contributed by atoms with van der Waals surface area (Å²) in [5.41, 5.74) is 9.11. The number of benzene rings is 1. The second kappa shape index (κ2) is 4.04. The zero-order valence-electron chi connectivity index (χ0n) is 8.90. The average Bonchev–Trinajstić information content (AvgIpc) is 2.28. The molecule has 86 valence electrons. The zero-order chi connectivity index (χ0) is 12.5. The SMILES string of the molecule is CS(=O)(=O)c1cccc2c(N=[N+]=[N-])ccnc12. The topological polar surface area (TPSA) is 95.8 Å². The van der Waals surface area contributed by atoms with Gasteiger partial charge in [-0.15, -0.1) is 0 Å². The first-order valence-corrected chi connectivity index (χ1v) is 6.56. The van der Waals surface area contributed by atoms with E-state index in [4.69, 9.17) is 5.53 Å². The summed E-state index contributed by atoms with van der Waals surface area (Å²) >= 11 is 0. The molecule has 0 radical (unpaired) electrons. The Morgan fingerprint density at radius 3 is 2.76 bits per heavy atom. The van der Waals surface area contributed by atoms with Crippen LogP contribution in [0.15, 0.2) is 40.5 Å². The highest BCUT2D eigenvalue weighted by atomic mass is 32.2. The van der Waals surface area contributed by atoms with Crippen LogP contribution in [0.1, 0.15) is 0 Å². The number of aromatic nitrogens is 1. The van der Waals surface area contributed by atoms with Crippen molar-refractivity contribution in [1.82, 2.24) is 4.98 Å². The molecule has 2 aromatic rings. The Labute approximate surface area is 97.5 Å². The van der Waals surface area contributed by atoms with E-state index in [9.17, 15) is 8.42 Å². The maximum Gasteiger partial charge on any atom is 0.177 e. The van der Waals surface area contributed by atoms with Crippen molar-refractivity contribution in [2.45, 2.75) is 4.90 Å². The van der Waals surface area contributed by atoms with E-state index in [1.54, 1.807) is 12.1 Å². The molecule has 0 amide bonds. The van der Waals surface area contributed by atoms with Crippen LogP contribution in [-0.4, -0.2) is 19.7 Å². The second-order valence-corrected chi connectivity index (χ2v) is 5.43. The van der Waals surface area contributed by atoms with E-state index in [2.05, 4.69) is 15.0 Å². The van der Waals surface area contributed by atoms with E-state index in [1.807, 2.05) is 0 Å². The number of nitrogens with zero attached hydrogens (tertiary/aromatic N) is 4. The molecule has 1 aromatic heterocycles. The Bertz CT molecular complexity index is 733. The molecule has 0 bridgehead atoms. The van der Waals surface area contributed by atoms with Gasteiger partial charge in [-0.2, -0.15) is 0 Å². The molecule has 1 heterocycles. The van der Waals surface area contributed by atoms with Crippen molar-refractivity contribution in [1.29, 1.82) is 0 Å². The van der Waals surface area contributed by atoms with E-state index in [-0.39, 0.29) is 4.90 Å². The molecule has 0 unspecified atom stereocenters. The summed E-state index contributed by atoms with van der Waals surface area (Å²) in [7, 11) is -3.36. The second-order valence-electron chi connectivity index (χ2n) is 3.44. The molecule has 17 heavy (non-hydrogen) atoms. The molecule has 2 rings (SSSR count). The summed E-state index contributed by atoms with van der Waals surface area (Å²) in [6, 6.07) is 6.27. The van der Waals surface area contributed by atoms with Crippen molar-refractivity contribution in [3.05, 3.63) is 40.9 Å². The van der Waals surface area contributed by atoms with Gasteiger partial charge in [0.2, 0.25) is 0 Å². The highest BCUT2D eigenvalue weighted by Gasteiger charge is 2.13. The quantitative estimate of drug-likeness (QED) is 0.464. The molecule has 0 aliphatic carbocycles. The lowest BCUT2D eigenvalue weighted by Crippen LogP contribution is -1.99. The van der Waals surface area contributed by atoms with Gasteiger partial charge in [0.05, 0.1) is 10.4 Å². The smallest absolute Gasteiger partial charge is 0.177 e. The van der Waals surface area contributed by atoms with Gasteiger partial charge in [0.15, 0.2) is 9.84 Å². The zero-order valence-corrected chi connectivity index (χ0v) is 9.72. The molecular weight excluding hydrogens is 240 g/mol. The van der Waals surface area contributed by atoms with Gasteiger partial charge in [0.25, 0.3) is 0 Å². The van der Waals surface area contributed by atoms with Crippen LogP contribution >= 0.6 is 0 Å². The lowest BCUT2D eigenvalue weighted by Gasteiger charge is -2.04. The summed E-state index contributed by atoms with van der Waals surface area (Å²) in [6.45, 7) is 0. The number of hydrogen-bond donors (Lipinski definition) is 0. The molecule has 1 aromatic carbocycles. The number of para-hydroxylation sites is 1. The third-order valence-electron chi connectivity index (χ3n) is 2.26. The van der Waals surface area contributed by atoms with Gasteiger partial charge in [-0.1, -0.05) is 17.2 Å². The Kier molecular flexibility index (Phi) is 2.71. The van der Waals surface area contributed by atoms with Gasteiger partial charge in [0.1, 0.15) is 0 Å². The fraction of sp³-hybridized carbons (Fsp3) is 0.100. The van der Waals surface area contributed by atoms with Crippen LogP contribution in [0.4, 0.5) is 5.69 Å². The van der Waals surface area contributed by atoms with Gasteiger partial charge in [-0.3, -0.25) is 4.98 Å². The molecule has 0 atom stereocenters.